The molecule has 1 saturated heterocycles. The van der Waals surface area contributed by atoms with Crippen LogP contribution in [0, 0.1) is 0 Å². The number of nitrogens with zero attached hydrogens (tertiary/aromatic N) is 2. The summed E-state index contributed by atoms with van der Waals surface area (Å²) in [4.78, 5) is 18.4. The topological polar surface area (TPSA) is 54.5 Å². The summed E-state index contributed by atoms with van der Waals surface area (Å²) in [5.41, 5.74) is 1.78. The minimum Gasteiger partial charge on any atom is -0.444 e. The molecular weight excluding hydrogens is 314 g/mol. The van der Waals surface area contributed by atoms with Crippen molar-refractivity contribution < 1.29 is 9.53 Å². The molecule has 1 amide bonds. The van der Waals surface area contributed by atoms with Gasteiger partial charge in [-0.1, -0.05) is 30.3 Å². The molecule has 1 N–H and O–H groups in total. The van der Waals surface area contributed by atoms with Crippen LogP contribution in [-0.4, -0.2) is 40.7 Å². The highest BCUT2D eigenvalue weighted by molar-refractivity contribution is 5.69. The minimum absolute atomic E-state index is 0.197. The van der Waals surface area contributed by atoms with E-state index in [-0.39, 0.29) is 12.1 Å². The number of benzene rings is 1. The Balaban J connectivity index is 1.56. The number of amides is 1. The smallest absolute Gasteiger partial charge is 0.410 e. The molecule has 0 radical (unpaired) electrons. The predicted octanol–water partition coefficient (Wildman–Crippen LogP) is 4.17. The summed E-state index contributed by atoms with van der Waals surface area (Å²) in [6, 6.07) is 14.4. The molecular formula is C20H25N3O2. The van der Waals surface area contributed by atoms with Gasteiger partial charge in [0.2, 0.25) is 0 Å². The summed E-state index contributed by atoms with van der Waals surface area (Å²) >= 11 is 0. The molecule has 3 rings (SSSR count). The van der Waals surface area contributed by atoms with Gasteiger partial charge in [0.05, 0.1) is 0 Å². The lowest BCUT2D eigenvalue weighted by molar-refractivity contribution is 0.0293. The highest BCUT2D eigenvalue weighted by Crippen LogP contribution is 2.21. The first-order chi connectivity index (χ1) is 11.9. The lowest BCUT2D eigenvalue weighted by atomic mass is 10.1. The third-order valence-electron chi connectivity index (χ3n) is 4.06. The van der Waals surface area contributed by atoms with Crippen LogP contribution in [0.5, 0.6) is 0 Å². The van der Waals surface area contributed by atoms with Crippen molar-refractivity contribution in [1.82, 2.24) is 9.88 Å². The van der Waals surface area contributed by atoms with E-state index in [0.29, 0.717) is 13.1 Å². The molecule has 2 aromatic rings. The zero-order valence-corrected chi connectivity index (χ0v) is 15.0. The van der Waals surface area contributed by atoms with Crippen LogP contribution in [0.4, 0.5) is 10.6 Å². The quantitative estimate of drug-likeness (QED) is 0.912. The molecule has 1 aromatic heterocycles. The summed E-state index contributed by atoms with van der Waals surface area (Å²) in [6.07, 6.45) is 2.52. The lowest BCUT2D eigenvalue weighted by Gasteiger charge is -2.24. The molecule has 1 aliphatic rings. The van der Waals surface area contributed by atoms with Crippen molar-refractivity contribution in [3.05, 3.63) is 48.7 Å². The zero-order valence-electron chi connectivity index (χ0n) is 15.0. The molecule has 0 bridgehead atoms. The van der Waals surface area contributed by atoms with Crippen molar-refractivity contribution in [2.45, 2.75) is 38.8 Å². The SMILES string of the molecule is CC(C)(C)OC(=O)N1CCC(Nc2ccc(-c3ccccc3)cn2)C1. The number of carbonyl (C=O) groups excluding carboxylic acids is 1. The van der Waals surface area contributed by atoms with Crippen molar-refractivity contribution in [1.29, 1.82) is 0 Å². The third kappa shape index (κ3) is 4.72. The van der Waals surface area contributed by atoms with Crippen LogP contribution in [0.15, 0.2) is 48.7 Å². The lowest BCUT2D eigenvalue weighted by Crippen LogP contribution is -2.36. The van der Waals surface area contributed by atoms with Gasteiger partial charge in [-0.2, -0.15) is 0 Å². The first-order valence-electron chi connectivity index (χ1n) is 8.67. The predicted molar refractivity (Wildman–Crippen MR) is 99.5 cm³/mol. The van der Waals surface area contributed by atoms with Crippen molar-refractivity contribution in [3.8, 4) is 11.1 Å². The van der Waals surface area contributed by atoms with Crippen LogP contribution in [0.1, 0.15) is 27.2 Å². The largest absolute Gasteiger partial charge is 0.444 e. The van der Waals surface area contributed by atoms with Crippen LogP contribution in [0.25, 0.3) is 11.1 Å². The van der Waals surface area contributed by atoms with Gasteiger partial charge in [-0.15, -0.1) is 0 Å². The second-order valence-corrected chi connectivity index (χ2v) is 7.35. The zero-order chi connectivity index (χ0) is 17.9. The fourth-order valence-corrected chi connectivity index (χ4v) is 2.86. The van der Waals surface area contributed by atoms with E-state index in [1.807, 2.05) is 51.2 Å². The van der Waals surface area contributed by atoms with Gasteiger partial charge in [-0.05, 0) is 44.9 Å². The molecule has 0 aliphatic carbocycles. The molecule has 1 atom stereocenters. The van der Waals surface area contributed by atoms with Gasteiger partial charge in [-0.3, -0.25) is 0 Å². The first-order valence-corrected chi connectivity index (χ1v) is 8.67. The molecule has 1 aliphatic heterocycles. The number of likely N-dealkylation sites (tertiary alicyclic amines) is 1. The number of ether oxygens (including phenoxy) is 1. The highest BCUT2D eigenvalue weighted by Gasteiger charge is 2.29. The van der Waals surface area contributed by atoms with Gasteiger partial charge in [0.1, 0.15) is 11.4 Å². The van der Waals surface area contributed by atoms with E-state index < -0.39 is 5.60 Å². The Bertz CT molecular complexity index is 708. The van der Waals surface area contributed by atoms with Gasteiger partial charge < -0.3 is 15.0 Å². The average Bonchev–Trinajstić information content (AvgIpc) is 3.04. The van der Waals surface area contributed by atoms with Crippen LogP contribution < -0.4 is 5.32 Å². The average molecular weight is 339 g/mol. The van der Waals surface area contributed by atoms with E-state index in [9.17, 15) is 4.79 Å². The summed E-state index contributed by atoms with van der Waals surface area (Å²) in [7, 11) is 0. The highest BCUT2D eigenvalue weighted by atomic mass is 16.6. The van der Waals surface area contributed by atoms with Crippen LogP contribution in [-0.2, 0) is 4.74 Å². The minimum atomic E-state index is -0.461. The van der Waals surface area contributed by atoms with Gasteiger partial charge >= 0.3 is 6.09 Å². The number of anilines is 1. The molecule has 1 unspecified atom stereocenters. The maximum atomic E-state index is 12.1. The van der Waals surface area contributed by atoms with Crippen LogP contribution >= 0.6 is 0 Å². The fourth-order valence-electron chi connectivity index (χ4n) is 2.86. The second-order valence-electron chi connectivity index (χ2n) is 7.35. The molecule has 1 fully saturated rings. The molecule has 5 nitrogen and oxygen atoms in total. The summed E-state index contributed by atoms with van der Waals surface area (Å²) in [5, 5.41) is 3.41. The molecule has 25 heavy (non-hydrogen) atoms. The Morgan fingerprint density at radius 2 is 1.92 bits per heavy atom. The molecule has 2 heterocycles. The first kappa shape index (κ1) is 17.3. The van der Waals surface area contributed by atoms with E-state index >= 15 is 0 Å². The molecule has 1 aromatic carbocycles. The number of carbonyl (C=O) groups is 1. The van der Waals surface area contributed by atoms with Crippen molar-refractivity contribution in [2.75, 3.05) is 18.4 Å². The molecule has 132 valence electrons. The fraction of sp³-hybridized carbons (Fsp3) is 0.400. The Labute approximate surface area is 149 Å². The number of nitrogens with one attached hydrogen (secondary N) is 1. The number of pyridine rings is 1. The van der Waals surface area contributed by atoms with E-state index in [1.54, 1.807) is 4.90 Å². The van der Waals surface area contributed by atoms with E-state index in [2.05, 4.69) is 28.5 Å². The monoisotopic (exact) mass is 339 g/mol. The van der Waals surface area contributed by atoms with Crippen LogP contribution in [0.3, 0.4) is 0 Å². The molecule has 5 heteroatoms. The maximum absolute atomic E-state index is 12.1. The Kier molecular flexibility index (Phi) is 4.93. The van der Waals surface area contributed by atoms with E-state index in [0.717, 1.165) is 23.4 Å². The number of rotatable bonds is 3. The number of aromatic nitrogens is 1. The number of hydrogen-bond donors (Lipinski definition) is 1. The molecule has 0 spiro atoms. The van der Waals surface area contributed by atoms with Gasteiger partial charge in [-0.25, -0.2) is 9.78 Å². The van der Waals surface area contributed by atoms with Gasteiger partial charge in [0, 0.05) is 30.9 Å². The van der Waals surface area contributed by atoms with Crippen molar-refractivity contribution in [3.63, 3.8) is 0 Å². The maximum Gasteiger partial charge on any atom is 0.410 e. The van der Waals surface area contributed by atoms with Gasteiger partial charge in [0.25, 0.3) is 0 Å². The number of hydrogen-bond acceptors (Lipinski definition) is 4. The van der Waals surface area contributed by atoms with E-state index in [1.165, 1.54) is 0 Å². The van der Waals surface area contributed by atoms with Gasteiger partial charge in [0.15, 0.2) is 0 Å². The summed E-state index contributed by atoms with van der Waals surface area (Å²) in [5.74, 6) is 0.829. The third-order valence-corrected chi connectivity index (χ3v) is 4.06. The van der Waals surface area contributed by atoms with E-state index in [4.69, 9.17) is 4.74 Å². The normalized spacial score (nSPS) is 17.4. The Hall–Kier alpha value is -2.56. The standard InChI is InChI=1S/C20H25N3O2/c1-20(2,3)25-19(24)23-12-11-17(14-23)22-18-10-9-16(13-21-18)15-7-5-4-6-8-15/h4-10,13,17H,11-12,14H2,1-3H3,(H,21,22). The Morgan fingerprint density at radius 3 is 2.56 bits per heavy atom. The van der Waals surface area contributed by atoms with Crippen molar-refractivity contribution in [2.24, 2.45) is 0 Å². The van der Waals surface area contributed by atoms with Crippen LogP contribution in [0.2, 0.25) is 0 Å². The van der Waals surface area contributed by atoms with Crippen molar-refractivity contribution >= 4 is 11.9 Å². The molecule has 0 saturated carbocycles. The summed E-state index contributed by atoms with van der Waals surface area (Å²) in [6.45, 7) is 6.99. The Morgan fingerprint density at radius 1 is 1.16 bits per heavy atom. The second kappa shape index (κ2) is 7.13. The summed E-state index contributed by atoms with van der Waals surface area (Å²) < 4.78 is 5.43.